The van der Waals surface area contributed by atoms with Crippen LogP contribution in [-0.4, -0.2) is 34.5 Å². The molecule has 0 saturated carbocycles. The molecule has 32 heavy (non-hydrogen) atoms. The van der Waals surface area contributed by atoms with Gasteiger partial charge in [0.2, 0.25) is 9.84 Å². The normalized spacial score (nSPS) is 11.6. The van der Waals surface area contributed by atoms with Gasteiger partial charge >= 0.3 is 0 Å². The van der Waals surface area contributed by atoms with E-state index in [4.69, 9.17) is 0 Å². The van der Waals surface area contributed by atoms with Crippen LogP contribution in [0.25, 0.3) is 21.9 Å². The molecule has 0 atom stereocenters. The molecule has 5 rings (SSSR count). The summed E-state index contributed by atoms with van der Waals surface area (Å²) in [6.07, 6.45) is 4.65. The monoisotopic (exact) mass is 443 g/mol. The fourth-order valence-corrected chi connectivity index (χ4v) is 4.88. The number of pyridine rings is 2. The third kappa shape index (κ3) is 3.58. The van der Waals surface area contributed by atoms with E-state index < -0.39 is 9.84 Å². The number of fused-ring (bicyclic) bond motifs is 2. The fourth-order valence-electron chi connectivity index (χ4n) is 3.45. The lowest BCUT2D eigenvalue weighted by molar-refractivity contribution is 0.0950. The Balaban J connectivity index is 1.34. The van der Waals surface area contributed by atoms with Crippen molar-refractivity contribution in [2.75, 3.05) is 0 Å². The summed E-state index contributed by atoms with van der Waals surface area (Å²) in [6, 6.07) is 16.8. The number of carbonyl (C=O) groups excluding carboxylic acids is 1. The molecule has 0 aliphatic carbocycles. The molecule has 0 saturated heterocycles. The quantitative estimate of drug-likeness (QED) is 0.430. The van der Waals surface area contributed by atoms with E-state index in [0.717, 1.165) is 16.3 Å². The highest BCUT2D eigenvalue weighted by Gasteiger charge is 2.21. The lowest BCUT2D eigenvalue weighted by Crippen LogP contribution is -2.22. The van der Waals surface area contributed by atoms with Crippen LogP contribution >= 0.6 is 0 Å². The van der Waals surface area contributed by atoms with Crippen molar-refractivity contribution in [3.63, 3.8) is 0 Å². The smallest absolute Gasteiger partial charge is 0.253 e. The Kier molecular flexibility index (Phi) is 4.87. The van der Waals surface area contributed by atoms with Crippen molar-refractivity contribution in [1.82, 2.24) is 25.5 Å². The van der Waals surface area contributed by atoms with Crippen LogP contribution in [0.15, 0.2) is 89.0 Å². The molecular weight excluding hydrogens is 426 g/mol. The van der Waals surface area contributed by atoms with Crippen LogP contribution in [-0.2, 0) is 16.4 Å². The SMILES string of the molecule is O=C(NCc1ccc(S(=O)(=O)c2cccc3cccnc23)cc1)c1cnc2[nH]ncc2c1. The van der Waals surface area contributed by atoms with Gasteiger partial charge in [-0.05, 0) is 35.9 Å². The van der Waals surface area contributed by atoms with Crippen molar-refractivity contribution in [2.45, 2.75) is 16.3 Å². The number of aromatic amines is 1. The Hall–Kier alpha value is -4.11. The maximum Gasteiger partial charge on any atom is 0.253 e. The molecule has 0 spiro atoms. The minimum absolute atomic E-state index is 0.166. The van der Waals surface area contributed by atoms with E-state index in [2.05, 4.69) is 25.5 Å². The zero-order valence-electron chi connectivity index (χ0n) is 16.7. The summed E-state index contributed by atoms with van der Waals surface area (Å²) in [6.45, 7) is 0.248. The number of carbonyl (C=O) groups is 1. The van der Waals surface area contributed by atoms with E-state index in [9.17, 15) is 13.2 Å². The molecule has 0 aliphatic rings. The fraction of sp³-hybridized carbons (Fsp3) is 0.0435. The first-order valence-corrected chi connectivity index (χ1v) is 11.3. The van der Waals surface area contributed by atoms with Gasteiger partial charge in [-0.1, -0.05) is 30.3 Å². The van der Waals surface area contributed by atoms with Crippen LogP contribution in [0.1, 0.15) is 15.9 Å². The summed E-state index contributed by atoms with van der Waals surface area (Å²) in [7, 11) is -3.74. The topological polar surface area (TPSA) is 118 Å². The standard InChI is InChI=1S/C23H17N5O3S/c29-23(18-11-17-14-27-28-22(17)25-13-18)26-12-15-6-8-19(9-7-15)32(30,31)20-5-1-3-16-4-2-10-24-21(16)20/h1-11,13-14H,12H2,(H,26,29)(H,25,27,28). The summed E-state index contributed by atoms with van der Waals surface area (Å²) in [4.78, 5) is 21.2. The Morgan fingerprint density at radius 2 is 1.75 bits per heavy atom. The first-order valence-electron chi connectivity index (χ1n) is 9.77. The number of rotatable bonds is 5. The van der Waals surface area contributed by atoms with Gasteiger partial charge in [0.25, 0.3) is 5.91 Å². The molecule has 0 unspecified atom stereocenters. The highest BCUT2D eigenvalue weighted by atomic mass is 32.2. The van der Waals surface area contributed by atoms with Crippen LogP contribution in [0.5, 0.6) is 0 Å². The number of H-pyrrole nitrogens is 1. The maximum absolute atomic E-state index is 13.2. The Labute approximate surface area is 183 Å². The minimum atomic E-state index is -3.74. The van der Waals surface area contributed by atoms with Gasteiger partial charge in [-0.3, -0.25) is 14.9 Å². The van der Waals surface area contributed by atoms with Crippen LogP contribution in [0.3, 0.4) is 0 Å². The van der Waals surface area contributed by atoms with Crippen molar-refractivity contribution >= 4 is 37.7 Å². The number of hydrogen-bond donors (Lipinski definition) is 2. The maximum atomic E-state index is 13.2. The molecule has 0 fully saturated rings. The Morgan fingerprint density at radius 1 is 0.938 bits per heavy atom. The summed E-state index contributed by atoms with van der Waals surface area (Å²) in [5, 5.41) is 10.9. The lowest BCUT2D eigenvalue weighted by Gasteiger charge is -2.09. The second kappa shape index (κ2) is 7.86. The second-order valence-electron chi connectivity index (χ2n) is 7.19. The summed E-state index contributed by atoms with van der Waals surface area (Å²) >= 11 is 0. The van der Waals surface area contributed by atoms with Gasteiger partial charge in [0, 0.05) is 29.7 Å². The number of para-hydroxylation sites is 1. The van der Waals surface area contributed by atoms with Crippen molar-refractivity contribution in [3.05, 3.63) is 90.4 Å². The molecular formula is C23H17N5O3S. The van der Waals surface area contributed by atoms with Crippen LogP contribution in [0.4, 0.5) is 0 Å². The number of aromatic nitrogens is 4. The van der Waals surface area contributed by atoms with E-state index in [0.29, 0.717) is 16.7 Å². The number of benzene rings is 2. The van der Waals surface area contributed by atoms with Gasteiger partial charge in [0.15, 0.2) is 5.65 Å². The molecule has 2 N–H and O–H groups in total. The van der Waals surface area contributed by atoms with Gasteiger partial charge in [0.05, 0.1) is 27.1 Å². The summed E-state index contributed by atoms with van der Waals surface area (Å²) in [5.74, 6) is -0.279. The average molecular weight is 443 g/mol. The molecule has 0 radical (unpaired) electrons. The molecule has 158 valence electrons. The van der Waals surface area contributed by atoms with Crippen molar-refractivity contribution in [2.24, 2.45) is 0 Å². The Morgan fingerprint density at radius 3 is 2.59 bits per heavy atom. The van der Waals surface area contributed by atoms with E-state index in [1.807, 2.05) is 12.1 Å². The molecule has 0 bridgehead atoms. The summed E-state index contributed by atoms with van der Waals surface area (Å²) < 4.78 is 26.3. The number of sulfone groups is 1. The highest BCUT2D eigenvalue weighted by molar-refractivity contribution is 7.91. The predicted molar refractivity (Wildman–Crippen MR) is 119 cm³/mol. The second-order valence-corrected chi connectivity index (χ2v) is 9.11. The van der Waals surface area contributed by atoms with E-state index in [1.54, 1.807) is 48.8 Å². The first kappa shape index (κ1) is 19.8. The molecule has 9 heteroatoms. The predicted octanol–water partition coefficient (Wildman–Crippen LogP) is 3.27. The number of amides is 1. The number of nitrogens with zero attached hydrogens (tertiary/aromatic N) is 3. The zero-order chi connectivity index (χ0) is 22.1. The van der Waals surface area contributed by atoms with Gasteiger partial charge in [-0.2, -0.15) is 5.10 Å². The van der Waals surface area contributed by atoms with E-state index in [1.165, 1.54) is 18.3 Å². The highest BCUT2D eigenvalue weighted by Crippen LogP contribution is 2.27. The zero-order valence-corrected chi connectivity index (χ0v) is 17.5. The number of hydrogen-bond acceptors (Lipinski definition) is 6. The largest absolute Gasteiger partial charge is 0.348 e. The van der Waals surface area contributed by atoms with Gasteiger partial charge in [-0.25, -0.2) is 13.4 Å². The van der Waals surface area contributed by atoms with Gasteiger partial charge in [0.1, 0.15) is 0 Å². The Bertz CT molecular complexity index is 1550. The molecule has 0 aliphatic heterocycles. The van der Waals surface area contributed by atoms with Gasteiger partial charge in [-0.15, -0.1) is 0 Å². The molecule has 5 aromatic rings. The molecule has 3 aromatic heterocycles. The van der Waals surface area contributed by atoms with Crippen molar-refractivity contribution < 1.29 is 13.2 Å². The van der Waals surface area contributed by atoms with E-state index >= 15 is 0 Å². The van der Waals surface area contributed by atoms with Crippen molar-refractivity contribution in [1.29, 1.82) is 0 Å². The first-order chi connectivity index (χ1) is 15.5. The molecule has 1 amide bonds. The average Bonchev–Trinajstić information content (AvgIpc) is 3.30. The van der Waals surface area contributed by atoms with Crippen LogP contribution in [0.2, 0.25) is 0 Å². The van der Waals surface area contributed by atoms with Crippen LogP contribution in [0, 0.1) is 0 Å². The lowest BCUT2D eigenvalue weighted by atomic mass is 10.2. The minimum Gasteiger partial charge on any atom is -0.348 e. The molecule has 8 nitrogen and oxygen atoms in total. The molecule has 2 aromatic carbocycles. The number of nitrogens with one attached hydrogen (secondary N) is 2. The third-order valence-electron chi connectivity index (χ3n) is 5.13. The van der Waals surface area contributed by atoms with Crippen molar-refractivity contribution in [3.8, 4) is 0 Å². The molecule has 3 heterocycles. The third-order valence-corrected chi connectivity index (χ3v) is 6.93. The summed E-state index contributed by atoms with van der Waals surface area (Å²) in [5.41, 5.74) is 2.24. The van der Waals surface area contributed by atoms with E-state index in [-0.39, 0.29) is 22.2 Å². The van der Waals surface area contributed by atoms with Crippen LogP contribution < -0.4 is 5.32 Å². The van der Waals surface area contributed by atoms with Gasteiger partial charge < -0.3 is 5.32 Å².